The lowest BCUT2D eigenvalue weighted by atomic mass is 10.1. The van der Waals surface area contributed by atoms with Crippen LogP contribution in [0.25, 0.3) is 0 Å². The summed E-state index contributed by atoms with van der Waals surface area (Å²) >= 11 is 1.30. The zero-order chi connectivity index (χ0) is 16.8. The topological polar surface area (TPSA) is 76.0 Å². The number of anilines is 1. The number of imidazole rings is 1. The fraction of sp³-hybridized carbons (Fsp3) is 0.312. The Bertz CT molecular complexity index is 712. The van der Waals surface area contributed by atoms with Crippen LogP contribution in [0.3, 0.4) is 0 Å². The SMILES string of the molecule is CCn1ccnc1SCC(=O)NC(=O)Nc1ccc(C)cc1C. The van der Waals surface area contributed by atoms with E-state index in [0.29, 0.717) is 5.69 Å². The Kier molecular flexibility index (Phi) is 5.81. The van der Waals surface area contributed by atoms with E-state index in [9.17, 15) is 9.59 Å². The first kappa shape index (κ1) is 17.1. The van der Waals surface area contributed by atoms with Crippen molar-refractivity contribution in [2.75, 3.05) is 11.1 Å². The summed E-state index contributed by atoms with van der Waals surface area (Å²) in [5, 5.41) is 5.77. The van der Waals surface area contributed by atoms with Crippen LogP contribution in [0.15, 0.2) is 35.7 Å². The van der Waals surface area contributed by atoms with Crippen molar-refractivity contribution in [3.63, 3.8) is 0 Å². The van der Waals surface area contributed by atoms with Gasteiger partial charge in [-0.15, -0.1) is 0 Å². The smallest absolute Gasteiger partial charge is 0.325 e. The average molecular weight is 332 g/mol. The van der Waals surface area contributed by atoms with Crippen molar-refractivity contribution >= 4 is 29.4 Å². The molecule has 23 heavy (non-hydrogen) atoms. The highest BCUT2D eigenvalue weighted by atomic mass is 32.2. The number of aryl methyl sites for hydroxylation is 3. The molecule has 6 nitrogen and oxygen atoms in total. The van der Waals surface area contributed by atoms with Crippen LogP contribution in [0.4, 0.5) is 10.5 Å². The molecular weight excluding hydrogens is 312 g/mol. The Balaban J connectivity index is 1.84. The van der Waals surface area contributed by atoms with Crippen molar-refractivity contribution in [3.05, 3.63) is 41.7 Å². The quantitative estimate of drug-likeness (QED) is 0.825. The Morgan fingerprint density at radius 2 is 2.09 bits per heavy atom. The van der Waals surface area contributed by atoms with Gasteiger partial charge in [0, 0.05) is 24.6 Å². The number of benzene rings is 1. The van der Waals surface area contributed by atoms with Crippen molar-refractivity contribution in [1.29, 1.82) is 0 Å². The molecule has 0 spiro atoms. The monoisotopic (exact) mass is 332 g/mol. The van der Waals surface area contributed by atoms with E-state index in [4.69, 9.17) is 0 Å². The van der Waals surface area contributed by atoms with Crippen molar-refractivity contribution in [2.45, 2.75) is 32.5 Å². The summed E-state index contributed by atoms with van der Waals surface area (Å²) in [5.41, 5.74) is 2.76. The van der Waals surface area contributed by atoms with Gasteiger partial charge >= 0.3 is 6.03 Å². The summed E-state index contributed by atoms with van der Waals surface area (Å²) in [7, 11) is 0. The molecule has 0 aliphatic carbocycles. The molecule has 7 heteroatoms. The first-order valence-corrected chi connectivity index (χ1v) is 8.30. The zero-order valence-electron chi connectivity index (χ0n) is 13.4. The van der Waals surface area contributed by atoms with Gasteiger partial charge < -0.3 is 9.88 Å². The predicted octanol–water partition coefficient (Wildman–Crippen LogP) is 2.96. The molecule has 1 heterocycles. The lowest BCUT2D eigenvalue weighted by molar-refractivity contribution is -0.117. The van der Waals surface area contributed by atoms with Crippen molar-refractivity contribution in [3.8, 4) is 0 Å². The highest BCUT2D eigenvalue weighted by molar-refractivity contribution is 7.99. The molecule has 0 saturated heterocycles. The molecule has 2 rings (SSSR count). The zero-order valence-corrected chi connectivity index (χ0v) is 14.2. The Morgan fingerprint density at radius 1 is 1.30 bits per heavy atom. The largest absolute Gasteiger partial charge is 0.326 e. The van der Waals surface area contributed by atoms with Crippen LogP contribution in [0.5, 0.6) is 0 Å². The van der Waals surface area contributed by atoms with E-state index in [0.717, 1.165) is 22.8 Å². The van der Waals surface area contributed by atoms with Crippen molar-refractivity contribution in [1.82, 2.24) is 14.9 Å². The second kappa shape index (κ2) is 7.82. The first-order valence-electron chi connectivity index (χ1n) is 7.31. The van der Waals surface area contributed by atoms with E-state index >= 15 is 0 Å². The predicted molar refractivity (Wildman–Crippen MR) is 91.7 cm³/mol. The molecule has 0 aliphatic rings. The highest BCUT2D eigenvalue weighted by Gasteiger charge is 2.11. The van der Waals surface area contributed by atoms with Gasteiger partial charge in [0.15, 0.2) is 5.16 Å². The molecule has 0 bridgehead atoms. The maximum atomic E-state index is 11.9. The number of imide groups is 1. The number of nitrogens with one attached hydrogen (secondary N) is 2. The molecule has 0 unspecified atom stereocenters. The third-order valence-corrected chi connectivity index (χ3v) is 4.24. The van der Waals surface area contributed by atoms with Crippen LogP contribution >= 0.6 is 11.8 Å². The van der Waals surface area contributed by atoms with E-state index in [1.165, 1.54) is 11.8 Å². The summed E-state index contributed by atoms with van der Waals surface area (Å²) in [4.78, 5) is 27.9. The minimum absolute atomic E-state index is 0.136. The average Bonchev–Trinajstić information content (AvgIpc) is 2.95. The van der Waals surface area contributed by atoms with Gasteiger partial charge in [0.25, 0.3) is 0 Å². The first-order chi connectivity index (χ1) is 11.0. The van der Waals surface area contributed by atoms with E-state index in [2.05, 4.69) is 15.6 Å². The summed E-state index contributed by atoms with van der Waals surface area (Å²) in [6.45, 7) is 6.68. The lowest BCUT2D eigenvalue weighted by Crippen LogP contribution is -2.35. The van der Waals surface area contributed by atoms with Crippen LogP contribution in [-0.4, -0.2) is 27.2 Å². The maximum Gasteiger partial charge on any atom is 0.325 e. The van der Waals surface area contributed by atoms with Gasteiger partial charge in [-0.3, -0.25) is 10.1 Å². The van der Waals surface area contributed by atoms with Gasteiger partial charge in [-0.1, -0.05) is 29.5 Å². The van der Waals surface area contributed by atoms with Crippen molar-refractivity contribution < 1.29 is 9.59 Å². The Hall–Kier alpha value is -2.28. The second-order valence-electron chi connectivity index (χ2n) is 5.11. The number of aromatic nitrogens is 2. The van der Waals surface area contributed by atoms with E-state index in [1.54, 1.807) is 6.20 Å². The number of hydrogen-bond acceptors (Lipinski definition) is 4. The number of thioether (sulfide) groups is 1. The van der Waals surface area contributed by atoms with Gasteiger partial charge in [-0.05, 0) is 32.4 Å². The third kappa shape index (κ3) is 4.85. The van der Waals surface area contributed by atoms with E-state index in [-0.39, 0.29) is 11.7 Å². The van der Waals surface area contributed by atoms with Crippen LogP contribution in [0, 0.1) is 13.8 Å². The number of nitrogens with zero attached hydrogens (tertiary/aromatic N) is 2. The van der Waals surface area contributed by atoms with Crippen molar-refractivity contribution in [2.24, 2.45) is 0 Å². The van der Waals surface area contributed by atoms with Crippen LogP contribution in [0.2, 0.25) is 0 Å². The number of amides is 3. The molecule has 0 radical (unpaired) electrons. The minimum Gasteiger partial charge on any atom is -0.326 e. The molecule has 1 aromatic carbocycles. The summed E-state index contributed by atoms with van der Waals surface area (Å²) in [5.74, 6) is -0.222. The maximum absolute atomic E-state index is 11.9. The van der Waals surface area contributed by atoms with E-state index < -0.39 is 6.03 Å². The molecule has 0 aliphatic heterocycles. The molecular formula is C16H20N4O2S. The summed E-state index contributed by atoms with van der Waals surface area (Å²) in [6.07, 6.45) is 3.55. The van der Waals surface area contributed by atoms with E-state index in [1.807, 2.05) is 49.7 Å². The Morgan fingerprint density at radius 3 is 2.78 bits per heavy atom. The molecule has 0 atom stereocenters. The molecule has 2 aromatic rings. The van der Waals surface area contributed by atoms with Crippen LogP contribution in [0.1, 0.15) is 18.1 Å². The van der Waals surface area contributed by atoms with Gasteiger partial charge in [0.1, 0.15) is 0 Å². The fourth-order valence-electron chi connectivity index (χ4n) is 2.08. The van der Waals surface area contributed by atoms with Crippen LogP contribution in [-0.2, 0) is 11.3 Å². The molecule has 0 fully saturated rings. The lowest BCUT2D eigenvalue weighted by Gasteiger charge is -2.10. The van der Waals surface area contributed by atoms with Gasteiger partial charge in [0.05, 0.1) is 5.75 Å². The van der Waals surface area contributed by atoms with Crippen LogP contribution < -0.4 is 10.6 Å². The number of hydrogen-bond donors (Lipinski definition) is 2. The highest BCUT2D eigenvalue weighted by Crippen LogP contribution is 2.16. The number of rotatable bonds is 5. The molecule has 122 valence electrons. The van der Waals surface area contributed by atoms with Gasteiger partial charge in [-0.25, -0.2) is 9.78 Å². The number of urea groups is 1. The molecule has 0 saturated carbocycles. The number of carbonyl (C=O) groups excluding carboxylic acids is 2. The summed E-state index contributed by atoms with van der Waals surface area (Å²) in [6, 6.07) is 5.17. The molecule has 2 N–H and O–H groups in total. The minimum atomic E-state index is -0.526. The third-order valence-electron chi connectivity index (χ3n) is 3.23. The Labute approximate surface area is 139 Å². The molecule has 1 aromatic heterocycles. The second-order valence-corrected chi connectivity index (χ2v) is 6.05. The standard InChI is InChI=1S/C16H20N4O2S/c1-4-20-8-7-17-16(20)23-10-14(21)19-15(22)18-13-6-5-11(2)9-12(13)3/h5-9H,4,10H2,1-3H3,(H2,18,19,21,22). The number of carbonyl (C=O) groups is 2. The summed E-state index contributed by atoms with van der Waals surface area (Å²) < 4.78 is 1.94. The molecule has 3 amide bonds. The van der Waals surface area contributed by atoms with Gasteiger partial charge in [-0.2, -0.15) is 0 Å². The fourth-order valence-corrected chi connectivity index (χ4v) is 2.90. The van der Waals surface area contributed by atoms with Gasteiger partial charge in [0.2, 0.25) is 5.91 Å². The normalized spacial score (nSPS) is 10.4.